The number of piperidine rings is 1. The van der Waals surface area contributed by atoms with Gasteiger partial charge in [-0.15, -0.1) is 0 Å². The molecule has 1 aromatic heterocycles. The Kier molecular flexibility index (Phi) is 10.3. The Hall–Kier alpha value is -4.03. The number of ketones is 1. The molecule has 0 bridgehead atoms. The second-order valence-electron chi connectivity index (χ2n) is 11.4. The highest BCUT2D eigenvalue weighted by atomic mass is 32.2. The summed E-state index contributed by atoms with van der Waals surface area (Å²) >= 11 is -0.253. The molecule has 0 aliphatic carbocycles. The van der Waals surface area contributed by atoms with Gasteiger partial charge in [-0.3, -0.25) is 9.59 Å². The zero-order valence-corrected chi connectivity index (χ0v) is 25.6. The molecule has 0 radical (unpaired) electrons. The fourth-order valence-corrected chi connectivity index (χ4v) is 6.04. The second-order valence-corrected chi connectivity index (χ2v) is 12.5. The van der Waals surface area contributed by atoms with Crippen molar-refractivity contribution in [3.8, 4) is 0 Å². The van der Waals surface area contributed by atoms with Crippen molar-refractivity contribution in [2.45, 2.75) is 53.8 Å². The first-order valence-corrected chi connectivity index (χ1v) is 15.5. The molecule has 46 heavy (non-hydrogen) atoms. The molecule has 246 valence electrons. The van der Waals surface area contributed by atoms with Crippen molar-refractivity contribution in [1.29, 1.82) is 0 Å². The highest BCUT2D eigenvalue weighted by Crippen LogP contribution is 2.37. The van der Waals surface area contributed by atoms with Crippen LogP contribution < -0.4 is 43.4 Å². The van der Waals surface area contributed by atoms with E-state index < -0.39 is 23.6 Å². The van der Waals surface area contributed by atoms with E-state index in [4.69, 9.17) is 27.9 Å². The lowest BCUT2D eigenvalue weighted by Gasteiger charge is -2.35. The Balaban J connectivity index is 1.26. The second kappa shape index (κ2) is 14.2. The maximum absolute atomic E-state index is 12.8. The monoisotopic (exact) mass is 659 g/mol. The minimum absolute atomic E-state index is 0.0141. The number of alkyl halides is 3. The molecular formula is C29H36F3N11O2S. The maximum atomic E-state index is 12.8. The van der Waals surface area contributed by atoms with Crippen LogP contribution >= 0.6 is 11.8 Å². The third-order valence-corrected chi connectivity index (χ3v) is 8.28. The van der Waals surface area contributed by atoms with Crippen LogP contribution in [0.1, 0.15) is 29.6 Å². The van der Waals surface area contributed by atoms with Gasteiger partial charge >= 0.3 is 5.51 Å². The van der Waals surface area contributed by atoms with Crippen LogP contribution in [0.4, 0.5) is 42.4 Å². The summed E-state index contributed by atoms with van der Waals surface area (Å²) in [5, 5.41) is 5.70. The van der Waals surface area contributed by atoms with Crippen molar-refractivity contribution in [3.63, 3.8) is 0 Å². The van der Waals surface area contributed by atoms with Crippen molar-refractivity contribution >= 4 is 52.7 Å². The molecule has 13 nitrogen and oxygen atoms in total. The lowest BCUT2D eigenvalue weighted by atomic mass is 10.0. The minimum Gasteiger partial charge on any atom is -0.338 e. The zero-order valence-electron chi connectivity index (χ0n) is 24.8. The molecule has 0 spiro atoms. The van der Waals surface area contributed by atoms with Gasteiger partial charge in [-0.25, -0.2) is 0 Å². The van der Waals surface area contributed by atoms with E-state index in [9.17, 15) is 22.8 Å². The van der Waals surface area contributed by atoms with E-state index in [0.29, 0.717) is 62.2 Å². The largest absolute Gasteiger partial charge is 0.446 e. The highest BCUT2D eigenvalue weighted by Gasteiger charge is 2.33. The summed E-state index contributed by atoms with van der Waals surface area (Å²) in [5.41, 5.74) is 21.4. The van der Waals surface area contributed by atoms with E-state index in [-0.39, 0.29) is 52.5 Å². The summed E-state index contributed by atoms with van der Waals surface area (Å²) in [6, 6.07) is 11.3. The molecular weight excluding hydrogens is 623 g/mol. The van der Waals surface area contributed by atoms with E-state index in [1.54, 1.807) is 24.3 Å². The maximum Gasteiger partial charge on any atom is 0.446 e. The van der Waals surface area contributed by atoms with Crippen LogP contribution in [0.3, 0.4) is 0 Å². The van der Waals surface area contributed by atoms with Gasteiger partial charge in [-0.1, -0.05) is 0 Å². The van der Waals surface area contributed by atoms with Crippen molar-refractivity contribution in [3.05, 3.63) is 54.1 Å². The van der Waals surface area contributed by atoms with Crippen LogP contribution in [0.2, 0.25) is 0 Å². The third kappa shape index (κ3) is 8.82. The lowest BCUT2D eigenvalue weighted by Crippen LogP contribution is -2.53. The van der Waals surface area contributed by atoms with Crippen LogP contribution in [-0.2, 0) is 4.79 Å². The van der Waals surface area contributed by atoms with Crippen molar-refractivity contribution in [2.75, 3.05) is 46.6 Å². The molecule has 3 aromatic rings. The summed E-state index contributed by atoms with van der Waals surface area (Å²) < 4.78 is 37.6. The molecule has 2 aliphatic rings. The Morgan fingerprint density at radius 1 is 0.848 bits per heavy atom. The molecule has 2 saturated heterocycles. The number of benzene rings is 2. The molecule has 3 heterocycles. The number of Topliss-reactive ketones (excluding diaryl/α,β-unsaturated/α-hetero) is 1. The number of nitrogens with two attached hydrogens (primary N) is 4. The van der Waals surface area contributed by atoms with E-state index in [1.165, 1.54) is 24.3 Å². The van der Waals surface area contributed by atoms with Gasteiger partial charge in [0.1, 0.15) is 0 Å². The number of halogens is 3. The van der Waals surface area contributed by atoms with Crippen LogP contribution in [0.15, 0.2) is 53.4 Å². The van der Waals surface area contributed by atoms with Gasteiger partial charge < -0.3 is 43.4 Å². The fraction of sp³-hybridized carbons (Fsp3) is 0.414. The Morgan fingerprint density at radius 2 is 1.46 bits per heavy atom. The Bertz CT molecular complexity index is 1520. The molecule has 0 unspecified atom stereocenters. The van der Waals surface area contributed by atoms with Gasteiger partial charge in [-0.2, -0.15) is 28.1 Å². The van der Waals surface area contributed by atoms with Crippen molar-refractivity contribution in [1.82, 2.24) is 15.0 Å². The fourth-order valence-electron chi connectivity index (χ4n) is 5.50. The first-order chi connectivity index (χ1) is 21.8. The van der Waals surface area contributed by atoms with Crippen molar-refractivity contribution < 1.29 is 22.8 Å². The van der Waals surface area contributed by atoms with Gasteiger partial charge in [-0.05, 0) is 73.1 Å². The van der Waals surface area contributed by atoms with Gasteiger partial charge in [0.05, 0.1) is 6.42 Å². The number of carbonyl (C=O) groups is 2. The Labute approximate surface area is 267 Å². The number of amides is 1. The van der Waals surface area contributed by atoms with Crippen LogP contribution in [0.5, 0.6) is 0 Å². The van der Waals surface area contributed by atoms with Crippen LogP contribution in [0.25, 0.3) is 0 Å². The summed E-state index contributed by atoms with van der Waals surface area (Å²) in [5.74, 6) is 0.0791. The summed E-state index contributed by atoms with van der Waals surface area (Å²) in [6.07, 6.45) is 0.952. The summed E-state index contributed by atoms with van der Waals surface area (Å²) in [7, 11) is 0. The standard InChI is InChI=1S/C29H36F3N11O2S/c30-29(31,32)46-23-7-5-20(6-8-23)37-25(45)11-24(44)16-1-3-21(4-2-16)38-26-39-27(42-13-17(34)9-18(35)14-42)41-28(40-26)43-15-19(36)10-22(43)12-33/h1-8,17-19,22H,9-15,33-36H2,(H,37,45)(H,38,39,40,41)/t17-,18+,19-,22-/m0/s1. The van der Waals surface area contributed by atoms with Crippen LogP contribution in [0, 0.1) is 0 Å². The predicted octanol–water partition coefficient (Wildman–Crippen LogP) is 2.17. The molecule has 2 fully saturated rings. The van der Waals surface area contributed by atoms with E-state index >= 15 is 0 Å². The number of anilines is 5. The summed E-state index contributed by atoms with van der Waals surface area (Å²) in [6.45, 7) is 1.99. The molecule has 10 N–H and O–H groups in total. The molecule has 0 saturated carbocycles. The molecule has 4 atom stereocenters. The van der Waals surface area contributed by atoms with Gasteiger partial charge in [0.2, 0.25) is 23.8 Å². The van der Waals surface area contributed by atoms with Gasteiger partial charge in [0.25, 0.3) is 0 Å². The quantitative estimate of drug-likeness (QED) is 0.105. The van der Waals surface area contributed by atoms with Crippen molar-refractivity contribution in [2.24, 2.45) is 22.9 Å². The zero-order chi connectivity index (χ0) is 33.0. The van der Waals surface area contributed by atoms with Crippen LogP contribution in [-0.4, -0.2) is 82.5 Å². The predicted molar refractivity (Wildman–Crippen MR) is 171 cm³/mol. The van der Waals surface area contributed by atoms with E-state index in [2.05, 4.69) is 20.6 Å². The lowest BCUT2D eigenvalue weighted by molar-refractivity contribution is -0.115. The first kappa shape index (κ1) is 33.3. The van der Waals surface area contributed by atoms with Gasteiger partial charge in [0, 0.05) is 72.2 Å². The third-order valence-electron chi connectivity index (χ3n) is 7.54. The average Bonchev–Trinajstić information content (AvgIpc) is 3.38. The molecule has 1 amide bonds. The highest BCUT2D eigenvalue weighted by molar-refractivity contribution is 8.00. The number of hydrogen-bond donors (Lipinski definition) is 6. The first-order valence-electron chi connectivity index (χ1n) is 14.7. The number of nitrogens with zero attached hydrogens (tertiary/aromatic N) is 5. The smallest absolute Gasteiger partial charge is 0.338 e. The normalized spacial score (nSPS) is 21.7. The SMILES string of the molecule is NC[C@@H]1C[C@H](N)CN1c1nc(Nc2ccc(C(=O)CC(=O)Nc3ccc(SC(F)(F)F)cc3)cc2)nc(N2C[C@H](N)C[C@H](N)C2)n1. The number of rotatable bonds is 10. The number of thioether (sulfide) groups is 1. The summed E-state index contributed by atoms with van der Waals surface area (Å²) in [4.78, 5) is 43.1. The number of hydrogen-bond acceptors (Lipinski definition) is 13. The van der Waals surface area contributed by atoms with E-state index in [0.717, 1.165) is 0 Å². The molecule has 2 aromatic carbocycles. The number of carbonyl (C=O) groups excluding carboxylic acids is 2. The molecule has 17 heteroatoms. The number of nitrogens with one attached hydrogen (secondary N) is 2. The Morgan fingerprint density at radius 3 is 2.09 bits per heavy atom. The minimum atomic E-state index is -4.41. The van der Waals surface area contributed by atoms with E-state index in [1.807, 2.05) is 9.80 Å². The molecule has 2 aliphatic heterocycles. The molecule has 5 rings (SSSR count). The van der Waals surface area contributed by atoms with Gasteiger partial charge in [0.15, 0.2) is 5.78 Å². The number of aromatic nitrogens is 3. The topological polar surface area (TPSA) is 207 Å². The average molecular weight is 660 g/mol.